The number of benzene rings is 1. The summed E-state index contributed by atoms with van der Waals surface area (Å²) in [6, 6.07) is 4.22. The molecule has 1 aliphatic heterocycles. The largest absolute Gasteiger partial charge is 0.327 e. The Morgan fingerprint density at radius 2 is 1.95 bits per heavy atom. The maximum atomic E-state index is 12.4. The Kier molecular flexibility index (Phi) is 5.92. The van der Waals surface area contributed by atoms with Crippen molar-refractivity contribution in [1.29, 1.82) is 0 Å². The molecule has 8 heteroatoms. The quantitative estimate of drug-likeness (QED) is 0.896. The van der Waals surface area contributed by atoms with Crippen LogP contribution in [0.3, 0.4) is 0 Å². The van der Waals surface area contributed by atoms with E-state index in [1.165, 1.54) is 22.5 Å². The molecule has 19 heavy (non-hydrogen) atoms. The smallest absolute Gasteiger partial charge is 0.243 e. The van der Waals surface area contributed by atoms with Crippen LogP contribution in [0.15, 0.2) is 23.1 Å². The lowest BCUT2D eigenvalue weighted by atomic mass is 10.1. The number of piperidine rings is 1. The van der Waals surface area contributed by atoms with Crippen molar-refractivity contribution in [3.05, 3.63) is 28.2 Å². The van der Waals surface area contributed by atoms with Crippen molar-refractivity contribution in [2.75, 3.05) is 13.1 Å². The molecular weight excluding hydrogens is 331 g/mol. The van der Waals surface area contributed by atoms with Crippen LogP contribution in [-0.2, 0) is 10.0 Å². The molecule has 0 amide bonds. The predicted molar refractivity (Wildman–Crippen MR) is 79.7 cm³/mol. The Morgan fingerprint density at radius 3 is 2.53 bits per heavy atom. The van der Waals surface area contributed by atoms with Crippen LogP contribution in [0, 0.1) is 0 Å². The Morgan fingerprint density at radius 1 is 1.26 bits per heavy atom. The summed E-state index contributed by atoms with van der Waals surface area (Å²) in [6.07, 6.45) is 1.63. The van der Waals surface area contributed by atoms with E-state index in [9.17, 15) is 8.42 Å². The first-order valence-corrected chi connectivity index (χ1v) is 7.81. The summed E-state index contributed by atoms with van der Waals surface area (Å²) >= 11 is 11.6. The first kappa shape index (κ1) is 17.0. The molecular formula is C11H15Cl3N2O2S. The van der Waals surface area contributed by atoms with Crippen molar-refractivity contribution in [3.63, 3.8) is 0 Å². The summed E-state index contributed by atoms with van der Waals surface area (Å²) in [5.41, 5.74) is 5.80. The number of rotatable bonds is 2. The van der Waals surface area contributed by atoms with Crippen LogP contribution in [0.25, 0.3) is 0 Å². The summed E-state index contributed by atoms with van der Waals surface area (Å²) in [4.78, 5) is 0.158. The van der Waals surface area contributed by atoms with Crippen LogP contribution < -0.4 is 5.73 Å². The highest BCUT2D eigenvalue weighted by atomic mass is 35.5. The molecule has 1 saturated heterocycles. The van der Waals surface area contributed by atoms with E-state index in [4.69, 9.17) is 28.9 Å². The zero-order valence-electron chi connectivity index (χ0n) is 10.1. The molecule has 0 radical (unpaired) electrons. The molecule has 0 aliphatic carbocycles. The van der Waals surface area contributed by atoms with Gasteiger partial charge in [-0.05, 0) is 31.0 Å². The second-order valence-corrected chi connectivity index (χ2v) is 7.09. The number of hydrogen-bond acceptors (Lipinski definition) is 3. The van der Waals surface area contributed by atoms with Gasteiger partial charge in [0.25, 0.3) is 0 Å². The van der Waals surface area contributed by atoms with Crippen LogP contribution >= 0.6 is 35.6 Å². The average Bonchev–Trinajstić information content (AvgIpc) is 2.32. The van der Waals surface area contributed by atoms with Gasteiger partial charge in [-0.15, -0.1) is 12.4 Å². The van der Waals surface area contributed by atoms with E-state index in [-0.39, 0.29) is 28.4 Å². The molecule has 0 bridgehead atoms. The zero-order chi connectivity index (χ0) is 13.3. The van der Waals surface area contributed by atoms with Crippen molar-refractivity contribution in [2.24, 2.45) is 5.73 Å². The molecule has 108 valence electrons. The Labute approximate surface area is 129 Å². The first-order chi connectivity index (χ1) is 8.41. The molecule has 0 spiro atoms. The third kappa shape index (κ3) is 3.74. The minimum absolute atomic E-state index is 0. The van der Waals surface area contributed by atoms with Gasteiger partial charge in [-0.3, -0.25) is 0 Å². The van der Waals surface area contributed by atoms with Crippen molar-refractivity contribution < 1.29 is 8.42 Å². The highest BCUT2D eigenvalue weighted by Crippen LogP contribution is 2.27. The maximum Gasteiger partial charge on any atom is 0.243 e. The van der Waals surface area contributed by atoms with Gasteiger partial charge in [-0.1, -0.05) is 23.2 Å². The van der Waals surface area contributed by atoms with E-state index in [1.807, 2.05) is 0 Å². The van der Waals surface area contributed by atoms with Gasteiger partial charge >= 0.3 is 0 Å². The Balaban J connectivity index is 0.00000180. The van der Waals surface area contributed by atoms with E-state index in [0.717, 1.165) is 12.8 Å². The summed E-state index contributed by atoms with van der Waals surface area (Å²) < 4.78 is 26.1. The van der Waals surface area contributed by atoms with E-state index >= 15 is 0 Å². The van der Waals surface area contributed by atoms with Gasteiger partial charge < -0.3 is 5.73 Å². The molecule has 2 N–H and O–H groups in total. The fraction of sp³-hybridized carbons (Fsp3) is 0.455. The van der Waals surface area contributed by atoms with Gasteiger partial charge in [-0.2, -0.15) is 4.31 Å². The number of nitrogens with two attached hydrogens (primary N) is 1. The van der Waals surface area contributed by atoms with Crippen molar-refractivity contribution in [2.45, 2.75) is 23.8 Å². The van der Waals surface area contributed by atoms with Gasteiger partial charge in [0.05, 0.1) is 14.9 Å². The summed E-state index contributed by atoms with van der Waals surface area (Å²) in [5.74, 6) is 0. The summed E-state index contributed by atoms with van der Waals surface area (Å²) in [7, 11) is -3.52. The second-order valence-electron chi connectivity index (χ2n) is 4.34. The van der Waals surface area contributed by atoms with Crippen LogP contribution in [0.5, 0.6) is 0 Å². The predicted octanol–water partition coefficient (Wildman–Crippen LogP) is 2.53. The standard InChI is InChI=1S/C11H14Cl2N2O2S.ClH/c12-10-4-3-9(6-11(10)13)18(16,17)15-5-1-2-8(14)7-15;/h3-4,6,8H,1-2,5,7,14H2;1H/t8-;/m1./s1. The maximum absolute atomic E-state index is 12.4. The molecule has 1 fully saturated rings. The fourth-order valence-corrected chi connectivity index (χ4v) is 3.90. The second kappa shape index (κ2) is 6.61. The number of nitrogens with zero attached hydrogens (tertiary/aromatic N) is 1. The van der Waals surface area contributed by atoms with Gasteiger partial charge in [0.15, 0.2) is 0 Å². The van der Waals surface area contributed by atoms with Crippen molar-refractivity contribution in [1.82, 2.24) is 4.31 Å². The van der Waals surface area contributed by atoms with E-state index < -0.39 is 10.0 Å². The van der Waals surface area contributed by atoms with Gasteiger partial charge in [-0.25, -0.2) is 8.42 Å². The topological polar surface area (TPSA) is 63.4 Å². The van der Waals surface area contributed by atoms with E-state index in [1.54, 1.807) is 0 Å². The minimum atomic E-state index is -3.52. The minimum Gasteiger partial charge on any atom is -0.327 e. The van der Waals surface area contributed by atoms with E-state index in [0.29, 0.717) is 18.1 Å². The van der Waals surface area contributed by atoms with Crippen LogP contribution in [0.1, 0.15) is 12.8 Å². The fourth-order valence-electron chi connectivity index (χ4n) is 1.98. The van der Waals surface area contributed by atoms with Gasteiger partial charge in [0.2, 0.25) is 10.0 Å². The molecule has 0 aromatic heterocycles. The molecule has 4 nitrogen and oxygen atoms in total. The number of halogens is 3. The number of hydrogen-bond donors (Lipinski definition) is 1. The van der Waals surface area contributed by atoms with E-state index in [2.05, 4.69) is 0 Å². The normalized spacial score (nSPS) is 20.9. The summed E-state index contributed by atoms with van der Waals surface area (Å²) in [6.45, 7) is 0.846. The van der Waals surface area contributed by atoms with Crippen molar-refractivity contribution >= 4 is 45.6 Å². The molecule has 2 rings (SSSR count). The lowest BCUT2D eigenvalue weighted by molar-refractivity contribution is 0.316. The SMILES string of the molecule is Cl.N[C@@H]1CCCN(S(=O)(=O)c2ccc(Cl)c(Cl)c2)C1. The van der Waals surface area contributed by atoms with Crippen LogP contribution in [0.4, 0.5) is 0 Å². The average molecular weight is 346 g/mol. The lowest BCUT2D eigenvalue weighted by Gasteiger charge is -2.29. The summed E-state index contributed by atoms with van der Waals surface area (Å²) in [5, 5.41) is 0.574. The van der Waals surface area contributed by atoms with Gasteiger partial charge in [0.1, 0.15) is 0 Å². The molecule has 1 heterocycles. The van der Waals surface area contributed by atoms with Crippen LogP contribution in [-0.4, -0.2) is 31.9 Å². The highest BCUT2D eigenvalue weighted by molar-refractivity contribution is 7.89. The van der Waals surface area contributed by atoms with Crippen LogP contribution in [0.2, 0.25) is 10.0 Å². The zero-order valence-corrected chi connectivity index (χ0v) is 13.2. The number of sulfonamides is 1. The molecule has 1 aliphatic rings. The third-order valence-corrected chi connectivity index (χ3v) is 5.55. The molecule has 0 saturated carbocycles. The molecule has 1 atom stereocenters. The first-order valence-electron chi connectivity index (χ1n) is 5.62. The highest BCUT2D eigenvalue weighted by Gasteiger charge is 2.29. The lowest BCUT2D eigenvalue weighted by Crippen LogP contribution is -2.45. The monoisotopic (exact) mass is 344 g/mol. The third-order valence-electron chi connectivity index (χ3n) is 2.95. The molecule has 0 unspecified atom stereocenters. The Hall–Kier alpha value is -0.0400. The Bertz CT molecular complexity index is 551. The molecule has 1 aromatic carbocycles. The molecule has 1 aromatic rings. The van der Waals surface area contributed by atoms with Gasteiger partial charge in [0, 0.05) is 19.1 Å². The van der Waals surface area contributed by atoms with Crippen molar-refractivity contribution in [3.8, 4) is 0 Å².